The van der Waals surface area contributed by atoms with Gasteiger partial charge in [-0.1, -0.05) is 121 Å². The van der Waals surface area contributed by atoms with Crippen molar-refractivity contribution in [3.63, 3.8) is 0 Å². The van der Waals surface area contributed by atoms with Crippen LogP contribution in [0.25, 0.3) is 101 Å². The van der Waals surface area contributed by atoms with E-state index in [1.54, 1.807) is 0 Å². The van der Waals surface area contributed by atoms with Crippen molar-refractivity contribution in [2.45, 2.75) is 0 Å². The van der Waals surface area contributed by atoms with E-state index in [9.17, 15) is 0 Å². The van der Waals surface area contributed by atoms with Gasteiger partial charge in [-0.15, -0.1) is 0 Å². The summed E-state index contributed by atoms with van der Waals surface area (Å²) in [7, 11) is 0. The second kappa shape index (κ2) is 11.4. The number of furan rings is 1. The molecule has 6 heteroatoms. The Balaban J connectivity index is 1.12. The van der Waals surface area contributed by atoms with Gasteiger partial charge in [0.05, 0.1) is 10.9 Å². The third kappa shape index (κ3) is 4.73. The Bertz CT molecular complexity index is 2860. The minimum atomic E-state index is 0.527. The zero-order valence-corrected chi connectivity index (χ0v) is 26.6. The summed E-state index contributed by atoms with van der Waals surface area (Å²) in [6.45, 7) is 0. The van der Waals surface area contributed by atoms with Crippen LogP contribution in [0.1, 0.15) is 0 Å². The molecule has 0 aliphatic rings. The van der Waals surface area contributed by atoms with Gasteiger partial charge in [-0.2, -0.15) is 0 Å². The number of rotatable bonds is 5. The molecule has 3 heterocycles. The summed E-state index contributed by atoms with van der Waals surface area (Å²) in [4.78, 5) is 19.9. The molecule has 6 nitrogen and oxygen atoms in total. The molecule has 0 spiro atoms. The first-order valence-electron chi connectivity index (χ1n) is 16.5. The third-order valence-electron chi connectivity index (χ3n) is 9.17. The van der Waals surface area contributed by atoms with Crippen LogP contribution < -0.4 is 0 Å². The highest BCUT2D eigenvalue weighted by Gasteiger charge is 2.21. The summed E-state index contributed by atoms with van der Waals surface area (Å²) in [6.07, 6.45) is 0. The van der Waals surface area contributed by atoms with Gasteiger partial charge < -0.3 is 8.83 Å². The third-order valence-corrected chi connectivity index (χ3v) is 9.17. The molecule has 0 saturated heterocycles. The number of aromatic nitrogens is 4. The van der Waals surface area contributed by atoms with E-state index >= 15 is 0 Å². The average Bonchev–Trinajstić information content (AvgIpc) is 3.80. The average molecular weight is 643 g/mol. The number of hydrogen-bond acceptors (Lipinski definition) is 6. The Labute approximate surface area is 286 Å². The first kappa shape index (κ1) is 28.1. The van der Waals surface area contributed by atoms with Crippen LogP contribution in [0.2, 0.25) is 0 Å². The molecule has 0 aliphatic carbocycles. The smallest absolute Gasteiger partial charge is 0.227 e. The highest BCUT2D eigenvalue weighted by Crippen LogP contribution is 2.40. The lowest BCUT2D eigenvalue weighted by molar-refractivity contribution is 0.622. The zero-order chi connectivity index (χ0) is 33.0. The Hall–Kier alpha value is -6.92. The lowest BCUT2D eigenvalue weighted by Crippen LogP contribution is -2.00. The Morgan fingerprint density at radius 3 is 1.82 bits per heavy atom. The van der Waals surface area contributed by atoms with Gasteiger partial charge in [0.15, 0.2) is 23.1 Å². The van der Waals surface area contributed by atoms with E-state index in [4.69, 9.17) is 28.8 Å². The fourth-order valence-electron chi connectivity index (χ4n) is 6.67. The summed E-state index contributed by atoms with van der Waals surface area (Å²) in [5.41, 5.74) is 8.61. The minimum Gasteiger partial charge on any atom is -0.455 e. The molecule has 10 rings (SSSR count). The topological polar surface area (TPSA) is 77.8 Å². The van der Waals surface area contributed by atoms with Crippen LogP contribution in [0, 0.1) is 0 Å². The van der Waals surface area contributed by atoms with Gasteiger partial charge in [-0.25, -0.2) is 19.9 Å². The molecule has 7 aromatic carbocycles. The fourth-order valence-corrected chi connectivity index (χ4v) is 6.67. The molecule has 0 radical (unpaired) electrons. The second-order valence-corrected chi connectivity index (χ2v) is 12.3. The van der Waals surface area contributed by atoms with Gasteiger partial charge in [0.1, 0.15) is 16.7 Å². The standard InChI is InChI=1S/C44H26N4O2/c1-3-10-27(11-4-1)29-18-21-31(22-19-29)44-45-36-24-25-37-38(40(36)50-44)34-16-9-17-35(39(34)49-37)43-47-41(30-13-5-2-6-14-30)46-42(48-43)33-23-20-28-12-7-8-15-32(28)26-33/h1-26H. The maximum absolute atomic E-state index is 6.59. The zero-order valence-electron chi connectivity index (χ0n) is 26.6. The van der Waals surface area contributed by atoms with E-state index in [-0.39, 0.29) is 0 Å². The summed E-state index contributed by atoms with van der Waals surface area (Å²) in [5, 5.41) is 4.05. The van der Waals surface area contributed by atoms with Gasteiger partial charge >= 0.3 is 0 Å². The number of para-hydroxylation sites is 1. The monoisotopic (exact) mass is 642 g/mol. The van der Waals surface area contributed by atoms with E-state index in [0.29, 0.717) is 40.1 Å². The van der Waals surface area contributed by atoms with Crippen LogP contribution in [0.3, 0.4) is 0 Å². The number of fused-ring (bicyclic) bond motifs is 6. The van der Waals surface area contributed by atoms with Crippen LogP contribution >= 0.6 is 0 Å². The Morgan fingerprint density at radius 1 is 0.380 bits per heavy atom. The van der Waals surface area contributed by atoms with Crippen LogP contribution in [0.5, 0.6) is 0 Å². The quantitative estimate of drug-likeness (QED) is 0.186. The Kier molecular flexibility index (Phi) is 6.39. The molecule has 0 aliphatic heterocycles. The van der Waals surface area contributed by atoms with E-state index in [1.807, 2.05) is 103 Å². The van der Waals surface area contributed by atoms with Gasteiger partial charge in [0.2, 0.25) is 5.89 Å². The van der Waals surface area contributed by atoms with Crippen molar-refractivity contribution >= 4 is 43.8 Å². The van der Waals surface area contributed by atoms with E-state index in [1.165, 1.54) is 0 Å². The fraction of sp³-hybridized carbons (Fsp3) is 0. The molecule has 0 bridgehead atoms. The summed E-state index contributed by atoms with van der Waals surface area (Å²) in [5.74, 6) is 2.27. The molecule has 50 heavy (non-hydrogen) atoms. The van der Waals surface area contributed by atoms with Crippen molar-refractivity contribution in [2.75, 3.05) is 0 Å². The first-order valence-corrected chi connectivity index (χ1v) is 16.5. The molecular weight excluding hydrogens is 617 g/mol. The normalized spacial score (nSPS) is 11.6. The van der Waals surface area contributed by atoms with E-state index < -0.39 is 0 Å². The first-order chi connectivity index (χ1) is 24.7. The molecule has 0 N–H and O–H groups in total. The molecule has 0 amide bonds. The number of hydrogen-bond donors (Lipinski definition) is 0. The van der Waals surface area contributed by atoms with E-state index in [0.717, 1.165) is 60.4 Å². The lowest BCUT2D eigenvalue weighted by Gasteiger charge is -2.09. The maximum atomic E-state index is 6.59. The summed E-state index contributed by atoms with van der Waals surface area (Å²) >= 11 is 0. The van der Waals surface area contributed by atoms with Crippen LogP contribution in [0.4, 0.5) is 0 Å². The number of benzene rings is 7. The lowest BCUT2D eigenvalue weighted by atomic mass is 10.0. The molecule has 0 saturated carbocycles. The Morgan fingerprint density at radius 2 is 1.02 bits per heavy atom. The van der Waals surface area contributed by atoms with Crippen molar-refractivity contribution in [3.8, 4) is 56.7 Å². The van der Waals surface area contributed by atoms with Gasteiger partial charge in [-0.05, 0) is 58.3 Å². The van der Waals surface area contributed by atoms with Gasteiger partial charge in [-0.3, -0.25) is 0 Å². The second-order valence-electron chi connectivity index (χ2n) is 12.3. The molecule has 0 unspecified atom stereocenters. The highest BCUT2D eigenvalue weighted by molar-refractivity contribution is 6.18. The number of oxazole rings is 1. The van der Waals surface area contributed by atoms with Crippen molar-refractivity contribution in [1.82, 2.24) is 19.9 Å². The molecule has 0 fully saturated rings. The molecule has 0 atom stereocenters. The van der Waals surface area contributed by atoms with Crippen molar-refractivity contribution in [2.24, 2.45) is 0 Å². The SMILES string of the molecule is c1ccc(-c2ccc(-c3nc4ccc5oc6c(-c7nc(-c8ccccc8)nc(-c8ccc9ccccc9c8)n7)cccc6c5c4o3)cc2)cc1. The number of nitrogens with zero attached hydrogens (tertiary/aromatic N) is 4. The summed E-state index contributed by atoms with van der Waals surface area (Å²) < 4.78 is 13.1. The highest BCUT2D eigenvalue weighted by atomic mass is 16.4. The van der Waals surface area contributed by atoms with Crippen LogP contribution in [-0.2, 0) is 0 Å². The van der Waals surface area contributed by atoms with Gasteiger partial charge in [0, 0.05) is 22.1 Å². The predicted molar refractivity (Wildman–Crippen MR) is 199 cm³/mol. The van der Waals surface area contributed by atoms with Gasteiger partial charge in [0.25, 0.3) is 0 Å². The van der Waals surface area contributed by atoms with Crippen molar-refractivity contribution < 1.29 is 8.83 Å². The molecule has 234 valence electrons. The molecule has 3 aromatic heterocycles. The molecular formula is C44H26N4O2. The largest absolute Gasteiger partial charge is 0.455 e. The predicted octanol–water partition coefficient (Wildman–Crippen LogP) is 11.4. The summed E-state index contributed by atoms with van der Waals surface area (Å²) in [6, 6.07) is 53.1. The van der Waals surface area contributed by atoms with Crippen molar-refractivity contribution in [3.05, 3.63) is 158 Å². The maximum Gasteiger partial charge on any atom is 0.227 e. The van der Waals surface area contributed by atoms with Crippen LogP contribution in [-0.4, -0.2) is 19.9 Å². The molecule has 10 aromatic rings. The van der Waals surface area contributed by atoms with Crippen LogP contribution in [0.15, 0.2) is 167 Å². The minimum absolute atomic E-state index is 0.527. The van der Waals surface area contributed by atoms with Crippen molar-refractivity contribution in [1.29, 1.82) is 0 Å². The van der Waals surface area contributed by atoms with E-state index in [2.05, 4.69) is 54.6 Å².